The van der Waals surface area contributed by atoms with Crippen LogP contribution in [0.4, 0.5) is 17.6 Å². The van der Waals surface area contributed by atoms with Gasteiger partial charge in [0.15, 0.2) is 5.65 Å². The average molecular weight is 472 g/mol. The lowest BCUT2D eigenvalue weighted by molar-refractivity contribution is -0.141. The minimum Gasteiger partial charge on any atom is -0.310 e. The molecule has 1 fully saturated rings. The van der Waals surface area contributed by atoms with E-state index in [1.54, 1.807) is 4.68 Å². The lowest BCUT2D eigenvalue weighted by atomic mass is 10.1. The van der Waals surface area contributed by atoms with Crippen molar-refractivity contribution in [2.45, 2.75) is 50.7 Å². The van der Waals surface area contributed by atoms with Crippen LogP contribution in [0.25, 0.3) is 11.0 Å². The standard InChI is InChI=1S/C23H20F4N6O/c1-2-16(13-5-8-17(29-10-13)23(25,26)27)33-21-19(20(32-33)12-3-4-12)22(34)31-18(30-21)9-15-7-6-14(24)11-28-15/h5-8,10-12,16H,2-4,9H2,1H3,(H,30,31,34). The molecule has 34 heavy (non-hydrogen) atoms. The molecule has 0 aliphatic heterocycles. The van der Waals surface area contributed by atoms with E-state index in [9.17, 15) is 22.4 Å². The van der Waals surface area contributed by atoms with Gasteiger partial charge in [0.1, 0.15) is 22.7 Å². The van der Waals surface area contributed by atoms with Gasteiger partial charge in [0.2, 0.25) is 0 Å². The smallest absolute Gasteiger partial charge is 0.310 e. The average Bonchev–Trinajstić information content (AvgIpc) is 3.57. The number of aromatic amines is 1. The highest BCUT2D eigenvalue weighted by molar-refractivity contribution is 5.78. The molecule has 7 nitrogen and oxygen atoms in total. The van der Waals surface area contributed by atoms with E-state index in [4.69, 9.17) is 5.10 Å². The Balaban J connectivity index is 1.60. The molecular weight excluding hydrogens is 452 g/mol. The summed E-state index contributed by atoms with van der Waals surface area (Å²) in [6.07, 6.45) is 0.238. The second kappa shape index (κ2) is 8.30. The predicted octanol–water partition coefficient (Wildman–Crippen LogP) is 4.54. The first-order valence-electron chi connectivity index (χ1n) is 10.9. The number of halogens is 4. The number of H-pyrrole nitrogens is 1. The Labute approximate surface area is 190 Å². The second-order valence-electron chi connectivity index (χ2n) is 8.36. The monoisotopic (exact) mass is 472 g/mol. The highest BCUT2D eigenvalue weighted by Gasteiger charge is 2.34. The molecule has 4 aromatic heterocycles. The first-order chi connectivity index (χ1) is 16.2. The van der Waals surface area contributed by atoms with Crippen LogP contribution in [0.5, 0.6) is 0 Å². The number of rotatable bonds is 6. The largest absolute Gasteiger partial charge is 0.433 e. The molecule has 1 aliphatic carbocycles. The molecule has 11 heteroatoms. The molecule has 0 spiro atoms. The number of nitrogens with zero attached hydrogens (tertiary/aromatic N) is 5. The van der Waals surface area contributed by atoms with Crippen molar-refractivity contribution in [3.05, 3.63) is 81.3 Å². The Morgan fingerprint density at radius 2 is 1.94 bits per heavy atom. The summed E-state index contributed by atoms with van der Waals surface area (Å²) in [6, 6.07) is 4.65. The fraction of sp³-hybridized carbons (Fsp3) is 0.348. The van der Waals surface area contributed by atoms with Gasteiger partial charge in [-0.05, 0) is 43.0 Å². The third kappa shape index (κ3) is 4.17. The molecule has 0 bridgehead atoms. The maximum absolute atomic E-state index is 13.2. The van der Waals surface area contributed by atoms with Crippen LogP contribution in [-0.2, 0) is 12.6 Å². The summed E-state index contributed by atoms with van der Waals surface area (Å²) in [4.78, 5) is 28.1. The minimum absolute atomic E-state index is 0.152. The van der Waals surface area contributed by atoms with Crippen LogP contribution >= 0.6 is 0 Å². The molecule has 5 rings (SSSR count). The van der Waals surface area contributed by atoms with Crippen LogP contribution in [0.2, 0.25) is 0 Å². The summed E-state index contributed by atoms with van der Waals surface area (Å²) >= 11 is 0. The fourth-order valence-corrected chi connectivity index (χ4v) is 4.06. The van der Waals surface area contributed by atoms with Crippen molar-refractivity contribution in [2.75, 3.05) is 0 Å². The molecule has 1 saturated carbocycles. The van der Waals surface area contributed by atoms with Crippen LogP contribution in [0, 0.1) is 5.82 Å². The SMILES string of the molecule is CCC(c1ccc(C(F)(F)F)nc1)n1nc(C2CC2)c2c(=O)[nH]c(Cc3ccc(F)cn3)nc21. The molecule has 1 unspecified atom stereocenters. The first kappa shape index (κ1) is 22.2. The maximum Gasteiger partial charge on any atom is 0.433 e. The summed E-state index contributed by atoms with van der Waals surface area (Å²) in [5.41, 5.74) is 0.750. The van der Waals surface area contributed by atoms with E-state index in [1.165, 1.54) is 24.4 Å². The number of nitrogens with one attached hydrogen (secondary N) is 1. The number of aromatic nitrogens is 6. The van der Waals surface area contributed by atoms with Crippen molar-refractivity contribution in [1.29, 1.82) is 0 Å². The zero-order chi connectivity index (χ0) is 24.0. The minimum atomic E-state index is -4.53. The van der Waals surface area contributed by atoms with E-state index in [2.05, 4.69) is 19.9 Å². The van der Waals surface area contributed by atoms with Gasteiger partial charge in [-0.1, -0.05) is 13.0 Å². The highest BCUT2D eigenvalue weighted by atomic mass is 19.4. The summed E-state index contributed by atoms with van der Waals surface area (Å²) in [5, 5.41) is 5.10. The summed E-state index contributed by atoms with van der Waals surface area (Å²) in [5.74, 6) is 0.0174. The Bertz CT molecular complexity index is 1390. The van der Waals surface area contributed by atoms with Gasteiger partial charge in [-0.3, -0.25) is 14.8 Å². The van der Waals surface area contributed by atoms with Gasteiger partial charge < -0.3 is 4.98 Å². The van der Waals surface area contributed by atoms with Crippen LogP contribution in [0.15, 0.2) is 41.5 Å². The van der Waals surface area contributed by atoms with E-state index in [1.807, 2.05) is 6.92 Å². The molecule has 0 aromatic carbocycles. The predicted molar refractivity (Wildman–Crippen MR) is 115 cm³/mol. The van der Waals surface area contributed by atoms with Gasteiger partial charge >= 0.3 is 6.18 Å². The van der Waals surface area contributed by atoms with Gasteiger partial charge in [0, 0.05) is 24.2 Å². The zero-order valence-electron chi connectivity index (χ0n) is 18.1. The summed E-state index contributed by atoms with van der Waals surface area (Å²) in [6.45, 7) is 1.88. The van der Waals surface area contributed by atoms with Crippen molar-refractivity contribution in [2.24, 2.45) is 0 Å². The molecule has 4 aromatic rings. The third-order valence-corrected chi connectivity index (χ3v) is 5.88. The van der Waals surface area contributed by atoms with E-state index in [0.29, 0.717) is 40.2 Å². The molecule has 0 radical (unpaired) electrons. The van der Waals surface area contributed by atoms with Crippen LogP contribution in [-0.4, -0.2) is 29.7 Å². The van der Waals surface area contributed by atoms with Gasteiger partial charge in [-0.15, -0.1) is 0 Å². The van der Waals surface area contributed by atoms with Gasteiger partial charge in [-0.2, -0.15) is 18.3 Å². The molecule has 1 N–H and O–H groups in total. The Morgan fingerprint density at radius 3 is 2.53 bits per heavy atom. The number of hydrogen-bond acceptors (Lipinski definition) is 5. The molecule has 1 aliphatic rings. The lowest BCUT2D eigenvalue weighted by Crippen LogP contribution is -2.17. The van der Waals surface area contributed by atoms with Crippen molar-refractivity contribution in [3.63, 3.8) is 0 Å². The third-order valence-electron chi connectivity index (χ3n) is 5.88. The van der Waals surface area contributed by atoms with E-state index in [0.717, 1.165) is 25.1 Å². The number of pyridine rings is 2. The molecule has 4 heterocycles. The second-order valence-corrected chi connectivity index (χ2v) is 8.36. The van der Waals surface area contributed by atoms with Gasteiger partial charge in [0.05, 0.1) is 17.9 Å². The molecule has 1 atom stereocenters. The normalized spacial score (nSPS) is 15.1. The number of alkyl halides is 3. The molecule has 176 valence electrons. The highest BCUT2D eigenvalue weighted by Crippen LogP contribution is 2.42. The van der Waals surface area contributed by atoms with E-state index >= 15 is 0 Å². The van der Waals surface area contributed by atoms with Crippen molar-refractivity contribution >= 4 is 11.0 Å². The maximum atomic E-state index is 13.2. The van der Waals surface area contributed by atoms with E-state index < -0.39 is 23.7 Å². The van der Waals surface area contributed by atoms with Crippen molar-refractivity contribution < 1.29 is 17.6 Å². The van der Waals surface area contributed by atoms with Crippen molar-refractivity contribution in [3.8, 4) is 0 Å². The lowest BCUT2D eigenvalue weighted by Gasteiger charge is -2.17. The molecule has 0 amide bonds. The van der Waals surface area contributed by atoms with Gasteiger partial charge in [-0.25, -0.2) is 14.1 Å². The number of hydrogen-bond donors (Lipinski definition) is 1. The van der Waals surface area contributed by atoms with Crippen LogP contribution < -0.4 is 5.56 Å². The number of fused-ring (bicyclic) bond motifs is 1. The Hall–Kier alpha value is -3.63. The van der Waals surface area contributed by atoms with Crippen LogP contribution in [0.3, 0.4) is 0 Å². The summed E-state index contributed by atoms with van der Waals surface area (Å²) in [7, 11) is 0. The Morgan fingerprint density at radius 1 is 1.15 bits per heavy atom. The van der Waals surface area contributed by atoms with E-state index in [-0.39, 0.29) is 17.9 Å². The first-order valence-corrected chi connectivity index (χ1v) is 10.9. The quantitative estimate of drug-likeness (QED) is 0.417. The van der Waals surface area contributed by atoms with Crippen LogP contribution in [0.1, 0.15) is 66.6 Å². The fourth-order valence-electron chi connectivity index (χ4n) is 4.06. The van der Waals surface area contributed by atoms with Gasteiger partial charge in [0.25, 0.3) is 5.56 Å². The Kier molecular flexibility index (Phi) is 5.41. The molecule has 0 saturated heterocycles. The van der Waals surface area contributed by atoms with Crippen molar-refractivity contribution in [1.82, 2.24) is 29.7 Å². The summed E-state index contributed by atoms with van der Waals surface area (Å²) < 4.78 is 53.7. The molecular formula is C23H20F4N6O. The zero-order valence-corrected chi connectivity index (χ0v) is 18.1. The topological polar surface area (TPSA) is 89.4 Å².